The summed E-state index contributed by atoms with van der Waals surface area (Å²) in [4.78, 5) is 23.6. The Morgan fingerprint density at radius 2 is 2.26 bits per heavy atom. The van der Waals surface area contributed by atoms with Crippen molar-refractivity contribution in [2.45, 2.75) is 18.9 Å². The Balaban J connectivity index is 2.32. The monoisotopic (exact) mass is 268 g/mol. The van der Waals surface area contributed by atoms with Crippen molar-refractivity contribution in [3.05, 3.63) is 39.7 Å². The molecule has 0 saturated carbocycles. The van der Waals surface area contributed by atoms with Crippen LogP contribution in [0.4, 0.5) is 10.1 Å². The summed E-state index contributed by atoms with van der Waals surface area (Å²) in [5.41, 5.74) is -0.703. The van der Waals surface area contributed by atoms with Crippen LogP contribution in [0.25, 0.3) is 0 Å². The van der Waals surface area contributed by atoms with Gasteiger partial charge in [-0.05, 0) is 25.0 Å². The van der Waals surface area contributed by atoms with E-state index in [9.17, 15) is 24.4 Å². The molecule has 0 radical (unpaired) electrons. The molecule has 6 nitrogen and oxygen atoms in total. The van der Waals surface area contributed by atoms with Gasteiger partial charge in [-0.2, -0.15) is 0 Å². The zero-order valence-corrected chi connectivity index (χ0v) is 10.1. The molecule has 1 atom stereocenters. The van der Waals surface area contributed by atoms with Crippen LogP contribution in [0.2, 0.25) is 0 Å². The number of likely N-dealkylation sites (tertiary alicyclic amines) is 1. The highest BCUT2D eigenvalue weighted by Crippen LogP contribution is 2.23. The van der Waals surface area contributed by atoms with Gasteiger partial charge in [0, 0.05) is 19.2 Å². The van der Waals surface area contributed by atoms with E-state index >= 15 is 0 Å². The molecule has 1 fully saturated rings. The van der Waals surface area contributed by atoms with Gasteiger partial charge in [-0.1, -0.05) is 0 Å². The molecule has 1 N–H and O–H groups in total. The first kappa shape index (κ1) is 13.4. The predicted molar refractivity (Wildman–Crippen MR) is 64.2 cm³/mol. The number of carbonyl (C=O) groups is 1. The van der Waals surface area contributed by atoms with E-state index in [2.05, 4.69) is 0 Å². The summed E-state index contributed by atoms with van der Waals surface area (Å²) >= 11 is 0. The van der Waals surface area contributed by atoms with Gasteiger partial charge in [0.05, 0.1) is 11.0 Å². The van der Waals surface area contributed by atoms with E-state index in [0.29, 0.717) is 19.4 Å². The Morgan fingerprint density at radius 1 is 1.53 bits per heavy atom. The van der Waals surface area contributed by atoms with Gasteiger partial charge in [0.25, 0.3) is 11.6 Å². The van der Waals surface area contributed by atoms with Gasteiger partial charge >= 0.3 is 0 Å². The second-order valence-electron chi connectivity index (χ2n) is 4.47. The summed E-state index contributed by atoms with van der Waals surface area (Å²) in [5.74, 6) is -1.32. The lowest BCUT2D eigenvalue weighted by molar-refractivity contribution is -0.385. The molecular weight excluding hydrogens is 255 g/mol. The maximum atomic E-state index is 13.2. The molecule has 0 bridgehead atoms. The summed E-state index contributed by atoms with van der Waals surface area (Å²) in [6.07, 6.45) is 0.579. The first-order valence-electron chi connectivity index (χ1n) is 5.90. The lowest BCUT2D eigenvalue weighted by atomic mass is 10.1. The minimum atomic E-state index is -0.715. The fourth-order valence-corrected chi connectivity index (χ4v) is 2.15. The van der Waals surface area contributed by atoms with Crippen molar-refractivity contribution >= 4 is 11.6 Å². The van der Waals surface area contributed by atoms with Gasteiger partial charge in [0.1, 0.15) is 11.4 Å². The molecule has 0 aromatic heterocycles. The molecule has 1 saturated heterocycles. The van der Waals surface area contributed by atoms with Crippen molar-refractivity contribution in [1.29, 1.82) is 0 Å². The van der Waals surface area contributed by atoms with E-state index < -0.39 is 28.4 Å². The van der Waals surface area contributed by atoms with Gasteiger partial charge in [0.15, 0.2) is 0 Å². The van der Waals surface area contributed by atoms with E-state index in [1.807, 2.05) is 0 Å². The third-order valence-electron chi connectivity index (χ3n) is 3.07. The molecule has 102 valence electrons. The molecule has 1 aliphatic rings. The van der Waals surface area contributed by atoms with E-state index in [1.165, 1.54) is 4.90 Å². The molecule has 1 aliphatic heterocycles. The summed E-state index contributed by atoms with van der Waals surface area (Å²) < 4.78 is 13.2. The first-order valence-corrected chi connectivity index (χ1v) is 5.90. The van der Waals surface area contributed by atoms with Crippen LogP contribution in [0.3, 0.4) is 0 Å². The zero-order valence-electron chi connectivity index (χ0n) is 10.1. The van der Waals surface area contributed by atoms with Gasteiger partial charge in [-0.15, -0.1) is 0 Å². The van der Waals surface area contributed by atoms with Gasteiger partial charge in [-0.25, -0.2) is 4.39 Å². The second-order valence-corrected chi connectivity index (χ2v) is 4.47. The van der Waals surface area contributed by atoms with Crippen LogP contribution in [-0.2, 0) is 0 Å². The number of aliphatic hydroxyl groups excluding tert-OH is 1. The fraction of sp³-hybridized carbons (Fsp3) is 0.417. The highest BCUT2D eigenvalue weighted by Gasteiger charge is 2.28. The van der Waals surface area contributed by atoms with Gasteiger partial charge in [0.2, 0.25) is 0 Å². The Kier molecular flexibility index (Phi) is 3.75. The number of hydrogen-bond donors (Lipinski definition) is 1. The van der Waals surface area contributed by atoms with E-state index in [1.54, 1.807) is 0 Å². The van der Waals surface area contributed by atoms with Crippen LogP contribution in [0.5, 0.6) is 0 Å². The van der Waals surface area contributed by atoms with Crippen molar-refractivity contribution < 1.29 is 19.2 Å². The lowest BCUT2D eigenvalue weighted by Gasteiger charge is -2.30. The van der Waals surface area contributed by atoms with Crippen LogP contribution in [0, 0.1) is 15.9 Å². The third-order valence-corrected chi connectivity index (χ3v) is 3.07. The average molecular weight is 268 g/mol. The van der Waals surface area contributed by atoms with Crippen LogP contribution < -0.4 is 0 Å². The quantitative estimate of drug-likeness (QED) is 0.648. The molecule has 2 rings (SSSR count). The number of hydrogen-bond acceptors (Lipinski definition) is 4. The minimum absolute atomic E-state index is 0.118. The number of rotatable bonds is 2. The normalized spacial score (nSPS) is 19.3. The number of benzene rings is 1. The predicted octanol–water partition coefficient (Wildman–Crippen LogP) is 1.33. The Labute approximate surface area is 108 Å². The maximum Gasteiger partial charge on any atom is 0.282 e. The zero-order chi connectivity index (χ0) is 14.0. The molecule has 1 amide bonds. The SMILES string of the molecule is O=C(c1cc(F)ccc1[N+](=O)[O-])N1CCCC(O)C1. The number of piperidine rings is 1. The Hall–Kier alpha value is -2.02. The summed E-state index contributed by atoms with van der Waals surface area (Å²) in [7, 11) is 0. The molecule has 19 heavy (non-hydrogen) atoms. The number of carbonyl (C=O) groups excluding carboxylic acids is 1. The number of β-amino-alcohol motifs (C(OH)–C–C–N with tert-alkyl or cyclic N) is 1. The van der Waals surface area contributed by atoms with Crippen LogP contribution in [0.15, 0.2) is 18.2 Å². The number of amides is 1. The van der Waals surface area contributed by atoms with Crippen molar-refractivity contribution in [1.82, 2.24) is 4.90 Å². The summed E-state index contributed by atoms with van der Waals surface area (Å²) in [5, 5.41) is 20.4. The number of nitro benzene ring substituents is 1. The number of halogens is 1. The number of nitro groups is 1. The largest absolute Gasteiger partial charge is 0.391 e. The highest BCUT2D eigenvalue weighted by atomic mass is 19.1. The lowest BCUT2D eigenvalue weighted by Crippen LogP contribution is -2.42. The third kappa shape index (κ3) is 2.87. The first-order chi connectivity index (χ1) is 8.99. The molecular formula is C12H13FN2O4. The van der Waals surface area contributed by atoms with Crippen molar-refractivity contribution in [2.75, 3.05) is 13.1 Å². The van der Waals surface area contributed by atoms with E-state index in [4.69, 9.17) is 0 Å². The van der Waals surface area contributed by atoms with E-state index in [-0.39, 0.29) is 12.1 Å². The topological polar surface area (TPSA) is 83.7 Å². The Morgan fingerprint density at radius 3 is 2.89 bits per heavy atom. The summed E-state index contributed by atoms with van der Waals surface area (Å²) in [6, 6.07) is 2.78. The molecule has 1 heterocycles. The number of aliphatic hydroxyl groups is 1. The standard InChI is InChI=1S/C12H13FN2O4/c13-8-3-4-11(15(18)19)10(6-8)12(17)14-5-1-2-9(16)7-14/h3-4,6,9,16H,1-2,5,7H2. The maximum absolute atomic E-state index is 13.2. The molecule has 7 heteroatoms. The van der Waals surface area contributed by atoms with E-state index in [0.717, 1.165) is 18.2 Å². The van der Waals surface area contributed by atoms with Crippen LogP contribution >= 0.6 is 0 Å². The molecule has 0 spiro atoms. The molecule has 0 aliphatic carbocycles. The molecule has 1 aromatic carbocycles. The van der Waals surface area contributed by atoms with Crippen molar-refractivity contribution in [2.24, 2.45) is 0 Å². The van der Waals surface area contributed by atoms with Gasteiger partial charge in [-0.3, -0.25) is 14.9 Å². The average Bonchev–Trinajstić information content (AvgIpc) is 2.37. The highest BCUT2D eigenvalue weighted by molar-refractivity contribution is 5.98. The van der Waals surface area contributed by atoms with Crippen molar-refractivity contribution in [3.63, 3.8) is 0 Å². The fourth-order valence-electron chi connectivity index (χ4n) is 2.15. The molecule has 1 unspecified atom stereocenters. The summed E-state index contributed by atoms with van der Waals surface area (Å²) in [6.45, 7) is 0.524. The smallest absolute Gasteiger partial charge is 0.282 e. The van der Waals surface area contributed by atoms with Crippen LogP contribution in [-0.4, -0.2) is 40.0 Å². The van der Waals surface area contributed by atoms with Gasteiger partial charge < -0.3 is 10.0 Å². The number of nitrogens with zero attached hydrogens (tertiary/aromatic N) is 2. The van der Waals surface area contributed by atoms with Crippen LogP contribution in [0.1, 0.15) is 23.2 Å². The Bertz CT molecular complexity index is 520. The van der Waals surface area contributed by atoms with Crippen molar-refractivity contribution in [3.8, 4) is 0 Å². The molecule has 1 aromatic rings. The second kappa shape index (κ2) is 5.31. The minimum Gasteiger partial charge on any atom is -0.391 e.